The molecule has 3 aliphatic rings. The molecular weight excluding hydrogens is 318 g/mol. The molecule has 1 heterocycles. The molecule has 0 aromatic carbocycles. The molecule has 3 rings (SSSR count). The summed E-state index contributed by atoms with van der Waals surface area (Å²) in [7, 11) is 0. The van der Waals surface area contributed by atoms with Gasteiger partial charge in [0.1, 0.15) is 5.78 Å². The highest BCUT2D eigenvalue weighted by molar-refractivity contribution is 5.89. The molecule has 2 unspecified atom stereocenters. The van der Waals surface area contributed by atoms with Crippen LogP contribution in [0.25, 0.3) is 0 Å². The second-order valence-electron chi connectivity index (χ2n) is 9.05. The van der Waals surface area contributed by atoms with Crippen molar-refractivity contribution in [1.29, 1.82) is 0 Å². The predicted octanol–water partition coefficient (Wildman–Crippen LogP) is 5.83. The van der Waals surface area contributed by atoms with Crippen molar-refractivity contribution in [2.45, 2.75) is 66.2 Å². The number of hydrogen-bond donors (Lipinski definition) is 0. The fourth-order valence-electron chi connectivity index (χ4n) is 5.62. The molecule has 0 amide bonds. The maximum absolute atomic E-state index is 13.3. The molecule has 0 radical (unpaired) electrons. The molecule has 2 nitrogen and oxygen atoms in total. The van der Waals surface area contributed by atoms with E-state index < -0.39 is 0 Å². The van der Waals surface area contributed by atoms with Crippen LogP contribution in [-0.4, -0.2) is 23.8 Å². The van der Waals surface area contributed by atoms with Crippen molar-refractivity contribution < 1.29 is 4.79 Å². The highest BCUT2D eigenvalue weighted by atomic mass is 16.1. The Balaban J connectivity index is 1.77. The molecule has 1 spiro atoms. The summed E-state index contributed by atoms with van der Waals surface area (Å²) in [6.07, 6.45) is 8.29. The van der Waals surface area contributed by atoms with Crippen LogP contribution in [-0.2, 0) is 4.79 Å². The molecule has 0 N–H and O–H groups in total. The van der Waals surface area contributed by atoms with Gasteiger partial charge in [-0.2, -0.15) is 0 Å². The topological polar surface area (TPSA) is 20.3 Å². The first-order valence-electron chi connectivity index (χ1n) is 10.3. The summed E-state index contributed by atoms with van der Waals surface area (Å²) in [5.74, 6) is 0.830. The van der Waals surface area contributed by atoms with Gasteiger partial charge in [-0.3, -0.25) is 4.79 Å². The van der Waals surface area contributed by atoms with Crippen molar-refractivity contribution in [2.75, 3.05) is 13.1 Å². The fourth-order valence-corrected chi connectivity index (χ4v) is 5.62. The molecule has 142 valence electrons. The molecule has 2 heteroatoms. The van der Waals surface area contributed by atoms with Crippen molar-refractivity contribution in [2.24, 2.45) is 17.3 Å². The van der Waals surface area contributed by atoms with E-state index in [1.165, 1.54) is 22.4 Å². The van der Waals surface area contributed by atoms with Crippen molar-refractivity contribution in [3.8, 4) is 0 Å². The summed E-state index contributed by atoms with van der Waals surface area (Å²) < 4.78 is 0. The first-order valence-corrected chi connectivity index (χ1v) is 10.3. The Morgan fingerprint density at radius 1 is 1.27 bits per heavy atom. The molecule has 26 heavy (non-hydrogen) atoms. The van der Waals surface area contributed by atoms with Gasteiger partial charge in [-0.05, 0) is 62.9 Å². The molecule has 0 bridgehead atoms. The minimum atomic E-state index is -0.0383. The van der Waals surface area contributed by atoms with Gasteiger partial charge in [0.2, 0.25) is 0 Å². The number of likely N-dealkylation sites (tertiary alicyclic amines) is 1. The van der Waals surface area contributed by atoms with Crippen molar-refractivity contribution >= 4 is 5.78 Å². The summed E-state index contributed by atoms with van der Waals surface area (Å²) in [4.78, 5) is 15.7. The zero-order valence-corrected chi connectivity index (χ0v) is 17.2. The lowest BCUT2D eigenvalue weighted by Crippen LogP contribution is -2.45. The summed E-state index contributed by atoms with van der Waals surface area (Å²) in [6, 6.07) is 0. The highest BCUT2D eigenvalue weighted by Crippen LogP contribution is 2.50. The molecule has 2 atom stereocenters. The molecule has 1 aliphatic heterocycles. The Labute approximate surface area is 159 Å². The lowest BCUT2D eigenvalue weighted by atomic mass is 9.60. The van der Waals surface area contributed by atoms with Crippen LogP contribution >= 0.6 is 0 Å². The minimum Gasteiger partial charge on any atom is -0.375 e. The first kappa shape index (κ1) is 19.2. The normalized spacial score (nSPS) is 29.2. The number of Topliss-reactive ketones (excluding diaryl/α,β-unsaturated/α-hetero) is 1. The van der Waals surface area contributed by atoms with E-state index in [1.54, 1.807) is 0 Å². The Bertz CT molecular complexity index is 665. The molecule has 1 saturated carbocycles. The molecule has 1 saturated heterocycles. The SMILES string of the molecule is C=C1CC2(CCN(C(=C)CC)CC2)CC(=O)C1C1=C(C)C=C(C)CC1C. The third kappa shape index (κ3) is 3.48. The van der Waals surface area contributed by atoms with Gasteiger partial charge < -0.3 is 4.90 Å². The Morgan fingerprint density at radius 3 is 2.46 bits per heavy atom. The molecule has 2 aliphatic carbocycles. The van der Waals surface area contributed by atoms with Gasteiger partial charge in [0.25, 0.3) is 0 Å². The van der Waals surface area contributed by atoms with Crippen LogP contribution in [0.1, 0.15) is 66.2 Å². The zero-order chi connectivity index (χ0) is 19.1. The number of piperidine rings is 1. The van der Waals surface area contributed by atoms with E-state index in [9.17, 15) is 4.79 Å². The van der Waals surface area contributed by atoms with Crippen LogP contribution in [0.15, 0.2) is 47.2 Å². The van der Waals surface area contributed by atoms with E-state index in [0.29, 0.717) is 11.7 Å². The standard InChI is InChI=1S/C24H35NO/c1-7-20(6)25-10-8-24(9-11-25)14-19(5)23(21(26)15-24)22-17(3)12-16(2)13-18(22)4/h12,18,23H,5-11,13-15H2,1-4H3. The van der Waals surface area contributed by atoms with E-state index in [-0.39, 0.29) is 11.3 Å². The number of hydrogen-bond acceptors (Lipinski definition) is 2. The second kappa shape index (κ2) is 7.21. The van der Waals surface area contributed by atoms with Crippen LogP contribution in [0.3, 0.4) is 0 Å². The van der Waals surface area contributed by atoms with Gasteiger partial charge in [0.15, 0.2) is 0 Å². The van der Waals surface area contributed by atoms with Crippen LogP contribution in [0, 0.1) is 17.3 Å². The lowest BCUT2D eigenvalue weighted by Gasteiger charge is -2.48. The smallest absolute Gasteiger partial charge is 0.144 e. The number of ketones is 1. The number of rotatable bonds is 3. The zero-order valence-electron chi connectivity index (χ0n) is 17.2. The highest BCUT2D eigenvalue weighted by Gasteiger charge is 2.45. The quantitative estimate of drug-likeness (QED) is 0.595. The van der Waals surface area contributed by atoms with E-state index in [0.717, 1.165) is 57.2 Å². The number of nitrogens with zero attached hydrogens (tertiary/aromatic N) is 1. The molecular formula is C24H35NO. The molecule has 2 fully saturated rings. The van der Waals surface area contributed by atoms with Gasteiger partial charge in [-0.15, -0.1) is 0 Å². The molecule has 0 aromatic rings. The average Bonchev–Trinajstić information content (AvgIpc) is 2.56. The van der Waals surface area contributed by atoms with Gasteiger partial charge in [0.05, 0.1) is 5.92 Å². The summed E-state index contributed by atoms with van der Waals surface area (Å²) in [6.45, 7) is 19.5. The van der Waals surface area contributed by atoms with E-state index in [1.807, 2.05) is 0 Å². The number of carbonyl (C=O) groups excluding carboxylic acids is 1. The fraction of sp³-hybridized carbons (Fsp3) is 0.625. The van der Waals surface area contributed by atoms with Gasteiger partial charge in [0, 0.05) is 25.2 Å². The Hall–Kier alpha value is -1.57. The van der Waals surface area contributed by atoms with Crippen LogP contribution in [0.2, 0.25) is 0 Å². The minimum absolute atomic E-state index is 0.0383. The maximum atomic E-state index is 13.3. The van der Waals surface area contributed by atoms with E-state index in [4.69, 9.17) is 0 Å². The van der Waals surface area contributed by atoms with Crippen molar-refractivity contribution in [1.82, 2.24) is 4.90 Å². The maximum Gasteiger partial charge on any atom is 0.144 e. The third-order valence-corrected chi connectivity index (χ3v) is 6.95. The molecule has 0 aromatic heterocycles. The van der Waals surface area contributed by atoms with Gasteiger partial charge >= 0.3 is 0 Å². The van der Waals surface area contributed by atoms with Gasteiger partial charge in [-0.1, -0.05) is 49.8 Å². The first-order chi connectivity index (χ1) is 12.3. The Kier molecular flexibility index (Phi) is 5.33. The van der Waals surface area contributed by atoms with Crippen LogP contribution < -0.4 is 0 Å². The Morgan fingerprint density at radius 2 is 1.92 bits per heavy atom. The summed E-state index contributed by atoms with van der Waals surface area (Å²) >= 11 is 0. The van der Waals surface area contributed by atoms with E-state index in [2.05, 4.69) is 51.8 Å². The summed E-state index contributed by atoms with van der Waals surface area (Å²) in [5, 5.41) is 0. The van der Waals surface area contributed by atoms with E-state index >= 15 is 0 Å². The average molecular weight is 354 g/mol. The van der Waals surface area contributed by atoms with Crippen LogP contribution in [0.4, 0.5) is 0 Å². The number of carbonyl (C=O) groups is 1. The monoisotopic (exact) mass is 353 g/mol. The predicted molar refractivity (Wildman–Crippen MR) is 110 cm³/mol. The van der Waals surface area contributed by atoms with Crippen LogP contribution in [0.5, 0.6) is 0 Å². The van der Waals surface area contributed by atoms with Gasteiger partial charge in [-0.25, -0.2) is 0 Å². The number of allylic oxidation sites excluding steroid dienone is 6. The van der Waals surface area contributed by atoms with Crippen molar-refractivity contribution in [3.63, 3.8) is 0 Å². The lowest BCUT2D eigenvalue weighted by molar-refractivity contribution is -0.126. The van der Waals surface area contributed by atoms with Crippen molar-refractivity contribution in [3.05, 3.63) is 47.2 Å². The summed E-state index contributed by atoms with van der Waals surface area (Å²) in [5.41, 5.74) is 6.61. The second-order valence-corrected chi connectivity index (χ2v) is 9.05. The largest absolute Gasteiger partial charge is 0.375 e. The third-order valence-electron chi connectivity index (χ3n) is 6.95.